The molecule has 1 unspecified atom stereocenters. The summed E-state index contributed by atoms with van der Waals surface area (Å²) < 4.78 is 0. The summed E-state index contributed by atoms with van der Waals surface area (Å²) in [7, 11) is 0. The summed E-state index contributed by atoms with van der Waals surface area (Å²) in [5, 5.41) is 9.25. The second-order valence-electron chi connectivity index (χ2n) is 5.06. The molecule has 0 aliphatic heterocycles. The first-order chi connectivity index (χ1) is 7.14. The Hall–Kier alpha value is -0.530. The van der Waals surface area contributed by atoms with Crippen LogP contribution >= 0.6 is 0 Å². The Morgan fingerprint density at radius 3 is 2.40 bits per heavy atom. The molecule has 2 nitrogen and oxygen atoms in total. The van der Waals surface area contributed by atoms with E-state index in [0.29, 0.717) is 5.92 Å². The van der Waals surface area contributed by atoms with Crippen LogP contribution in [0.1, 0.15) is 65.2 Å². The average Bonchev–Trinajstić information content (AvgIpc) is 2.15. The summed E-state index contributed by atoms with van der Waals surface area (Å²) in [6.07, 6.45) is 8.65. The van der Waals surface area contributed by atoms with Gasteiger partial charge in [-0.1, -0.05) is 46.0 Å². The van der Waals surface area contributed by atoms with Gasteiger partial charge in [0, 0.05) is 0 Å². The van der Waals surface area contributed by atoms with E-state index >= 15 is 0 Å². The van der Waals surface area contributed by atoms with Crippen molar-refractivity contribution in [1.82, 2.24) is 0 Å². The van der Waals surface area contributed by atoms with Gasteiger partial charge in [0.1, 0.15) is 0 Å². The molecule has 1 aliphatic rings. The molecule has 1 fully saturated rings. The second kappa shape index (κ2) is 5.53. The zero-order valence-corrected chi connectivity index (χ0v) is 10.1. The van der Waals surface area contributed by atoms with Gasteiger partial charge >= 0.3 is 5.97 Å². The Labute approximate surface area is 93.1 Å². The van der Waals surface area contributed by atoms with Gasteiger partial charge in [-0.05, 0) is 25.2 Å². The highest BCUT2D eigenvalue weighted by Crippen LogP contribution is 2.47. The van der Waals surface area contributed by atoms with Crippen LogP contribution in [0.4, 0.5) is 0 Å². The summed E-state index contributed by atoms with van der Waals surface area (Å²) >= 11 is 0. The molecule has 1 rings (SSSR count). The number of rotatable bonds is 7. The SMILES string of the molecule is CCCCC(CC)CC1(C(=O)O)CCC1. The van der Waals surface area contributed by atoms with Gasteiger partial charge in [-0.3, -0.25) is 4.79 Å². The minimum atomic E-state index is -0.552. The molecule has 0 aromatic heterocycles. The molecule has 1 saturated carbocycles. The van der Waals surface area contributed by atoms with Crippen molar-refractivity contribution in [2.24, 2.45) is 11.3 Å². The third-order valence-electron chi connectivity index (χ3n) is 3.99. The Bertz CT molecular complexity index is 207. The van der Waals surface area contributed by atoms with Gasteiger partial charge < -0.3 is 5.11 Å². The predicted molar refractivity (Wildman–Crippen MR) is 61.8 cm³/mol. The van der Waals surface area contributed by atoms with Crippen LogP contribution in [0.15, 0.2) is 0 Å². The van der Waals surface area contributed by atoms with Crippen molar-refractivity contribution in [3.05, 3.63) is 0 Å². The molecule has 0 amide bonds. The van der Waals surface area contributed by atoms with E-state index in [1.165, 1.54) is 19.3 Å². The van der Waals surface area contributed by atoms with Crippen molar-refractivity contribution >= 4 is 5.97 Å². The zero-order chi connectivity index (χ0) is 11.3. The first-order valence-electron chi connectivity index (χ1n) is 6.38. The zero-order valence-electron chi connectivity index (χ0n) is 10.1. The summed E-state index contributed by atoms with van der Waals surface area (Å²) in [5.41, 5.74) is -0.339. The Balaban J connectivity index is 2.45. The number of unbranched alkanes of at least 4 members (excludes halogenated alkanes) is 1. The summed E-state index contributed by atoms with van der Waals surface area (Å²) in [4.78, 5) is 11.2. The lowest BCUT2D eigenvalue weighted by Gasteiger charge is -2.40. The monoisotopic (exact) mass is 212 g/mol. The van der Waals surface area contributed by atoms with Crippen molar-refractivity contribution in [2.45, 2.75) is 65.2 Å². The second-order valence-corrected chi connectivity index (χ2v) is 5.06. The largest absolute Gasteiger partial charge is 0.481 e. The molecule has 1 N–H and O–H groups in total. The van der Waals surface area contributed by atoms with Crippen LogP contribution in [0.3, 0.4) is 0 Å². The average molecular weight is 212 g/mol. The van der Waals surface area contributed by atoms with Crippen LogP contribution in [0.2, 0.25) is 0 Å². The van der Waals surface area contributed by atoms with E-state index in [4.69, 9.17) is 0 Å². The highest BCUT2D eigenvalue weighted by atomic mass is 16.4. The Morgan fingerprint density at radius 2 is 2.07 bits per heavy atom. The van der Waals surface area contributed by atoms with Gasteiger partial charge in [0.25, 0.3) is 0 Å². The molecule has 1 atom stereocenters. The first-order valence-corrected chi connectivity index (χ1v) is 6.38. The van der Waals surface area contributed by atoms with Crippen LogP contribution in [-0.2, 0) is 4.79 Å². The van der Waals surface area contributed by atoms with Crippen molar-refractivity contribution < 1.29 is 9.90 Å². The van der Waals surface area contributed by atoms with E-state index in [0.717, 1.165) is 32.1 Å². The van der Waals surface area contributed by atoms with Crippen LogP contribution in [0.5, 0.6) is 0 Å². The standard InChI is InChI=1S/C13H24O2/c1-3-5-7-11(4-2)10-13(12(14)15)8-6-9-13/h11H,3-10H2,1-2H3,(H,14,15). The fourth-order valence-corrected chi connectivity index (χ4v) is 2.60. The fourth-order valence-electron chi connectivity index (χ4n) is 2.60. The lowest BCUT2D eigenvalue weighted by atomic mass is 9.63. The third kappa shape index (κ3) is 2.96. The molecule has 2 heteroatoms. The van der Waals surface area contributed by atoms with Gasteiger partial charge in [-0.2, -0.15) is 0 Å². The van der Waals surface area contributed by atoms with E-state index in [9.17, 15) is 9.90 Å². The molecule has 0 saturated heterocycles. The van der Waals surface area contributed by atoms with Crippen LogP contribution in [0, 0.1) is 11.3 Å². The summed E-state index contributed by atoms with van der Waals surface area (Å²) in [5.74, 6) is 0.0741. The van der Waals surface area contributed by atoms with Gasteiger partial charge in [-0.15, -0.1) is 0 Å². The number of carbonyl (C=O) groups is 1. The molecule has 0 radical (unpaired) electrons. The van der Waals surface area contributed by atoms with Gasteiger partial charge in [0.05, 0.1) is 5.41 Å². The number of aliphatic carboxylic acids is 1. The Kier molecular flexibility index (Phi) is 4.62. The van der Waals surface area contributed by atoms with E-state index in [2.05, 4.69) is 13.8 Å². The highest BCUT2D eigenvalue weighted by molar-refractivity contribution is 5.75. The first kappa shape index (κ1) is 12.5. The maximum atomic E-state index is 11.2. The lowest BCUT2D eigenvalue weighted by Crippen LogP contribution is -2.39. The number of carboxylic acids is 1. The van der Waals surface area contributed by atoms with E-state index < -0.39 is 5.97 Å². The van der Waals surface area contributed by atoms with Crippen LogP contribution in [0.25, 0.3) is 0 Å². The summed E-state index contributed by atoms with van der Waals surface area (Å²) in [6.45, 7) is 4.39. The van der Waals surface area contributed by atoms with Crippen molar-refractivity contribution in [1.29, 1.82) is 0 Å². The summed E-state index contributed by atoms with van der Waals surface area (Å²) in [6, 6.07) is 0. The minimum absolute atomic E-state index is 0.339. The third-order valence-corrected chi connectivity index (χ3v) is 3.99. The van der Waals surface area contributed by atoms with Crippen LogP contribution in [-0.4, -0.2) is 11.1 Å². The number of hydrogen-bond donors (Lipinski definition) is 1. The highest BCUT2D eigenvalue weighted by Gasteiger charge is 2.45. The number of hydrogen-bond acceptors (Lipinski definition) is 1. The van der Waals surface area contributed by atoms with Crippen molar-refractivity contribution in [3.8, 4) is 0 Å². The molecule has 88 valence electrons. The molecule has 0 aromatic rings. The van der Waals surface area contributed by atoms with Crippen molar-refractivity contribution in [3.63, 3.8) is 0 Å². The molecule has 0 bridgehead atoms. The maximum Gasteiger partial charge on any atom is 0.309 e. The normalized spacial score (nSPS) is 20.7. The maximum absolute atomic E-state index is 11.2. The molecule has 15 heavy (non-hydrogen) atoms. The van der Waals surface area contributed by atoms with Gasteiger partial charge in [0.15, 0.2) is 0 Å². The topological polar surface area (TPSA) is 37.3 Å². The predicted octanol–water partition coefficient (Wildman–Crippen LogP) is 3.85. The van der Waals surface area contributed by atoms with E-state index in [1.54, 1.807) is 0 Å². The molecular formula is C13H24O2. The molecule has 0 spiro atoms. The van der Waals surface area contributed by atoms with E-state index in [1.807, 2.05) is 0 Å². The molecular weight excluding hydrogens is 188 g/mol. The smallest absolute Gasteiger partial charge is 0.309 e. The van der Waals surface area contributed by atoms with Gasteiger partial charge in [-0.25, -0.2) is 0 Å². The molecule has 0 heterocycles. The van der Waals surface area contributed by atoms with Crippen molar-refractivity contribution in [2.75, 3.05) is 0 Å². The van der Waals surface area contributed by atoms with E-state index in [-0.39, 0.29) is 5.41 Å². The lowest BCUT2D eigenvalue weighted by molar-refractivity contribution is -0.156. The Morgan fingerprint density at radius 1 is 1.40 bits per heavy atom. The minimum Gasteiger partial charge on any atom is -0.481 e. The quantitative estimate of drug-likeness (QED) is 0.696. The van der Waals surface area contributed by atoms with Crippen LogP contribution < -0.4 is 0 Å². The molecule has 1 aliphatic carbocycles. The van der Waals surface area contributed by atoms with Gasteiger partial charge in [0.2, 0.25) is 0 Å². The fraction of sp³-hybridized carbons (Fsp3) is 0.923. The number of carboxylic acid groups (broad SMARTS) is 1. The molecule has 0 aromatic carbocycles.